The van der Waals surface area contributed by atoms with Crippen molar-refractivity contribution in [2.45, 2.75) is 32.9 Å². The van der Waals surface area contributed by atoms with Gasteiger partial charge in [-0.05, 0) is 42.8 Å². The first-order chi connectivity index (χ1) is 14.6. The number of para-hydroxylation sites is 1. The van der Waals surface area contributed by atoms with E-state index in [-0.39, 0.29) is 0 Å². The summed E-state index contributed by atoms with van der Waals surface area (Å²) in [5.74, 6) is 0.385. The predicted octanol–water partition coefficient (Wildman–Crippen LogP) is 4.36. The first kappa shape index (κ1) is 20.6. The Kier molecular flexibility index (Phi) is 6.50. The summed E-state index contributed by atoms with van der Waals surface area (Å²) in [5, 5.41) is 8.48. The number of benzene rings is 2. The highest BCUT2D eigenvalue weighted by Crippen LogP contribution is 2.22. The van der Waals surface area contributed by atoms with E-state index in [1.54, 1.807) is 0 Å². The first-order valence-corrected chi connectivity index (χ1v) is 11.0. The third-order valence-corrected chi connectivity index (χ3v) is 5.80. The largest absolute Gasteiger partial charge is 0.381 e. The predicted molar refractivity (Wildman–Crippen MR) is 124 cm³/mol. The Morgan fingerprint density at radius 1 is 0.967 bits per heavy atom. The smallest absolute Gasteiger partial charge is 0.0704 e. The van der Waals surface area contributed by atoms with Crippen molar-refractivity contribution in [2.24, 2.45) is 0 Å². The minimum absolute atomic E-state index is 0.385. The maximum Gasteiger partial charge on any atom is 0.0704 e. The summed E-state index contributed by atoms with van der Waals surface area (Å²) in [5.41, 5.74) is 6.04. The molecule has 0 saturated carbocycles. The molecule has 0 unspecified atom stereocenters. The normalized spacial score (nSPS) is 15.6. The Morgan fingerprint density at radius 2 is 1.73 bits per heavy atom. The second-order valence-corrected chi connectivity index (χ2v) is 8.61. The number of hydrogen-bond donors (Lipinski definition) is 1. The van der Waals surface area contributed by atoms with Crippen molar-refractivity contribution in [3.8, 4) is 5.69 Å². The zero-order valence-electron chi connectivity index (χ0n) is 18.4. The van der Waals surface area contributed by atoms with E-state index >= 15 is 0 Å². The van der Waals surface area contributed by atoms with E-state index in [2.05, 4.69) is 90.7 Å². The molecular formula is C25H33N5. The molecular weight excluding hydrogens is 370 g/mol. The highest BCUT2D eigenvalue weighted by molar-refractivity contribution is 5.47. The standard InChI is InChI=1S/C25H33N5/c1-20(2)25-22(19-30(27-25)24-10-5-4-6-11-24)17-26-23-9-7-8-21(16-23)18-29-14-12-28(3)13-15-29/h4-11,16,19-20,26H,12-15,17-18H2,1-3H3. The minimum atomic E-state index is 0.385. The number of aromatic nitrogens is 2. The van der Waals surface area contributed by atoms with Gasteiger partial charge in [0.1, 0.15) is 0 Å². The Morgan fingerprint density at radius 3 is 2.47 bits per heavy atom. The zero-order valence-corrected chi connectivity index (χ0v) is 18.4. The van der Waals surface area contributed by atoms with Crippen LogP contribution in [-0.4, -0.2) is 52.8 Å². The highest BCUT2D eigenvalue weighted by Gasteiger charge is 2.15. The summed E-state index contributed by atoms with van der Waals surface area (Å²) < 4.78 is 2.00. The summed E-state index contributed by atoms with van der Waals surface area (Å²) in [6.07, 6.45) is 2.16. The van der Waals surface area contributed by atoms with Crippen LogP contribution in [-0.2, 0) is 13.1 Å². The molecule has 1 aliphatic heterocycles. The topological polar surface area (TPSA) is 36.3 Å². The molecule has 5 heteroatoms. The number of rotatable bonds is 7. The van der Waals surface area contributed by atoms with Crippen molar-refractivity contribution in [1.29, 1.82) is 0 Å². The second kappa shape index (κ2) is 9.45. The molecule has 4 rings (SSSR count). The van der Waals surface area contributed by atoms with Crippen molar-refractivity contribution in [2.75, 3.05) is 38.5 Å². The Hall–Kier alpha value is -2.63. The summed E-state index contributed by atoms with van der Waals surface area (Å²) >= 11 is 0. The second-order valence-electron chi connectivity index (χ2n) is 8.61. The van der Waals surface area contributed by atoms with Gasteiger partial charge in [0, 0.05) is 56.7 Å². The average Bonchev–Trinajstić information content (AvgIpc) is 3.20. The van der Waals surface area contributed by atoms with Crippen LogP contribution in [0.3, 0.4) is 0 Å². The molecule has 0 aliphatic carbocycles. The summed E-state index contributed by atoms with van der Waals surface area (Å²) in [6, 6.07) is 19.2. The molecule has 3 aromatic rings. The molecule has 2 heterocycles. The monoisotopic (exact) mass is 403 g/mol. The number of hydrogen-bond acceptors (Lipinski definition) is 4. The number of anilines is 1. The molecule has 2 aromatic carbocycles. The molecule has 0 amide bonds. The summed E-state index contributed by atoms with van der Waals surface area (Å²) in [6.45, 7) is 10.8. The van der Waals surface area contributed by atoms with Crippen LogP contribution in [0, 0.1) is 0 Å². The van der Waals surface area contributed by atoms with Crippen LogP contribution in [0.25, 0.3) is 5.69 Å². The highest BCUT2D eigenvalue weighted by atomic mass is 15.3. The van der Waals surface area contributed by atoms with E-state index in [1.807, 2.05) is 10.7 Å². The molecule has 0 bridgehead atoms. The third kappa shape index (κ3) is 5.10. The molecule has 1 saturated heterocycles. The van der Waals surface area contributed by atoms with Crippen LogP contribution in [0.15, 0.2) is 60.8 Å². The van der Waals surface area contributed by atoms with E-state index in [0.29, 0.717) is 5.92 Å². The van der Waals surface area contributed by atoms with Gasteiger partial charge in [0.25, 0.3) is 0 Å². The zero-order chi connectivity index (χ0) is 20.9. The van der Waals surface area contributed by atoms with Gasteiger partial charge in [-0.2, -0.15) is 5.10 Å². The average molecular weight is 404 g/mol. The molecule has 30 heavy (non-hydrogen) atoms. The van der Waals surface area contributed by atoms with E-state index in [1.165, 1.54) is 16.8 Å². The lowest BCUT2D eigenvalue weighted by Gasteiger charge is -2.32. The fraction of sp³-hybridized carbons (Fsp3) is 0.400. The van der Waals surface area contributed by atoms with Gasteiger partial charge in [-0.1, -0.05) is 44.2 Å². The van der Waals surface area contributed by atoms with Gasteiger partial charge in [-0.15, -0.1) is 0 Å². The minimum Gasteiger partial charge on any atom is -0.381 e. The SMILES string of the molecule is CC(C)c1nn(-c2ccccc2)cc1CNc1cccc(CN2CCN(C)CC2)c1. The summed E-state index contributed by atoms with van der Waals surface area (Å²) in [4.78, 5) is 4.94. The lowest BCUT2D eigenvalue weighted by Crippen LogP contribution is -2.43. The van der Waals surface area contributed by atoms with Crippen LogP contribution in [0.1, 0.15) is 36.6 Å². The van der Waals surface area contributed by atoms with Gasteiger partial charge in [0.05, 0.1) is 11.4 Å². The van der Waals surface area contributed by atoms with E-state index < -0.39 is 0 Å². The van der Waals surface area contributed by atoms with Gasteiger partial charge in [0.2, 0.25) is 0 Å². The first-order valence-electron chi connectivity index (χ1n) is 11.0. The van der Waals surface area contributed by atoms with Crippen molar-refractivity contribution in [3.63, 3.8) is 0 Å². The lowest BCUT2D eigenvalue weighted by atomic mass is 10.1. The van der Waals surface area contributed by atoms with Gasteiger partial charge in [0.15, 0.2) is 0 Å². The maximum atomic E-state index is 4.86. The maximum absolute atomic E-state index is 4.86. The molecule has 1 fully saturated rings. The quantitative estimate of drug-likeness (QED) is 0.636. The lowest BCUT2D eigenvalue weighted by molar-refractivity contribution is 0.148. The molecule has 1 aliphatic rings. The van der Waals surface area contributed by atoms with Crippen molar-refractivity contribution in [3.05, 3.63) is 77.6 Å². The molecule has 0 atom stereocenters. The summed E-state index contributed by atoms with van der Waals surface area (Å²) in [7, 11) is 2.20. The van der Waals surface area contributed by atoms with E-state index in [0.717, 1.165) is 50.6 Å². The van der Waals surface area contributed by atoms with Gasteiger partial charge >= 0.3 is 0 Å². The third-order valence-electron chi connectivity index (χ3n) is 5.80. The number of likely N-dealkylation sites (N-methyl/N-ethyl adjacent to an activating group) is 1. The van der Waals surface area contributed by atoms with Crippen molar-refractivity contribution >= 4 is 5.69 Å². The van der Waals surface area contributed by atoms with Gasteiger partial charge in [-0.25, -0.2) is 4.68 Å². The van der Waals surface area contributed by atoms with Crippen LogP contribution in [0.2, 0.25) is 0 Å². The number of nitrogens with one attached hydrogen (secondary N) is 1. The van der Waals surface area contributed by atoms with Gasteiger partial charge in [-0.3, -0.25) is 4.90 Å². The van der Waals surface area contributed by atoms with Gasteiger partial charge < -0.3 is 10.2 Å². The fourth-order valence-corrected chi connectivity index (χ4v) is 4.00. The molecule has 1 aromatic heterocycles. The molecule has 158 valence electrons. The van der Waals surface area contributed by atoms with Crippen molar-refractivity contribution in [1.82, 2.24) is 19.6 Å². The Labute approximate surface area is 180 Å². The molecule has 0 radical (unpaired) electrons. The molecule has 1 N–H and O–H groups in total. The van der Waals surface area contributed by atoms with Crippen LogP contribution >= 0.6 is 0 Å². The number of nitrogens with zero attached hydrogens (tertiary/aromatic N) is 4. The Balaban J connectivity index is 1.44. The number of piperazine rings is 1. The van der Waals surface area contributed by atoms with Crippen LogP contribution in [0.5, 0.6) is 0 Å². The van der Waals surface area contributed by atoms with Crippen LogP contribution < -0.4 is 5.32 Å². The van der Waals surface area contributed by atoms with E-state index in [9.17, 15) is 0 Å². The fourth-order valence-electron chi connectivity index (χ4n) is 4.00. The van der Waals surface area contributed by atoms with E-state index in [4.69, 9.17) is 5.10 Å². The van der Waals surface area contributed by atoms with Crippen molar-refractivity contribution < 1.29 is 0 Å². The molecule has 5 nitrogen and oxygen atoms in total. The van der Waals surface area contributed by atoms with Crippen LogP contribution in [0.4, 0.5) is 5.69 Å². The molecule has 0 spiro atoms. The Bertz CT molecular complexity index is 939.